The zero-order chi connectivity index (χ0) is 4.28. The predicted molar refractivity (Wildman–Crippen MR) is 35.9 cm³/mol. The van der Waals surface area contributed by atoms with Gasteiger partial charge in [-0.1, -0.05) is 23.6 Å². The molecule has 0 saturated heterocycles. The lowest BCUT2D eigenvalue weighted by Crippen LogP contribution is -1.08. The first-order valence-electron chi connectivity index (χ1n) is 1.06. The highest BCUT2D eigenvalue weighted by Gasteiger charge is 1.43. The molecule has 0 fully saturated rings. The van der Waals surface area contributed by atoms with Crippen LogP contribution in [0, 0.1) is 0 Å². The molecule has 0 saturated carbocycles. The lowest BCUT2D eigenvalue weighted by Gasteiger charge is -1.50. The van der Waals surface area contributed by atoms with Crippen LogP contribution in [0.3, 0.4) is 0 Å². The Bertz CT molecular complexity index is 105. The molecule has 0 rings (SSSR count). The van der Waals surface area contributed by atoms with E-state index in [1.54, 1.807) is 0 Å². The van der Waals surface area contributed by atoms with Gasteiger partial charge < -0.3 is 0 Å². The molecule has 4 heteroatoms. The molecule has 0 heterocycles. The van der Waals surface area contributed by atoms with Crippen LogP contribution in [-0.2, 0) is 23.6 Å². The highest BCUT2D eigenvalue weighted by molar-refractivity contribution is 8.28. The third-order valence-electron chi connectivity index (χ3n) is 0.129. The Morgan fingerprint density at radius 2 is 2.00 bits per heavy atom. The third kappa shape index (κ3) is 5.04. The Morgan fingerprint density at radius 1 is 1.80 bits per heavy atom. The second kappa shape index (κ2) is 3.24. The molecular formula is CH4P2S2. The summed E-state index contributed by atoms with van der Waals surface area (Å²) < 4.78 is 0. The van der Waals surface area contributed by atoms with Crippen molar-refractivity contribution in [1.29, 1.82) is 0 Å². The van der Waals surface area contributed by atoms with Gasteiger partial charge in [-0.3, -0.25) is 0 Å². The number of rotatable bonds is 0. The van der Waals surface area contributed by atoms with Crippen molar-refractivity contribution in [1.82, 2.24) is 0 Å². The Labute approximate surface area is 43.3 Å². The van der Waals surface area contributed by atoms with Crippen LogP contribution >= 0.6 is 12.6 Å². The zero-order valence-electron chi connectivity index (χ0n) is 2.76. The van der Waals surface area contributed by atoms with E-state index in [-0.39, 0.29) is 5.98 Å². The van der Waals surface area contributed by atoms with Crippen molar-refractivity contribution in [2.75, 3.05) is 6.66 Å². The highest BCUT2D eigenvalue weighted by atomic mass is 32.6. The van der Waals surface area contributed by atoms with E-state index < -0.39 is 0 Å². The molecule has 2 unspecified atom stereocenters. The minimum atomic E-state index is -0.172. The van der Waals surface area contributed by atoms with E-state index in [1.807, 2.05) is 6.66 Å². The normalized spacial score (nSPS) is 11.8. The maximum absolute atomic E-state index is 4.75. The first kappa shape index (κ1) is 6.04. The molecule has 0 spiro atoms. The van der Waals surface area contributed by atoms with E-state index >= 15 is 0 Å². The molecule has 2 atom stereocenters. The van der Waals surface area contributed by atoms with Gasteiger partial charge in [0.15, 0.2) is 0 Å². The van der Waals surface area contributed by atoms with Crippen LogP contribution < -0.4 is 0 Å². The van der Waals surface area contributed by atoms with E-state index in [0.29, 0.717) is 6.64 Å². The van der Waals surface area contributed by atoms with Crippen molar-refractivity contribution in [3.05, 3.63) is 0 Å². The van der Waals surface area contributed by atoms with E-state index in [2.05, 4.69) is 11.8 Å². The fourth-order valence-electron chi connectivity index (χ4n) is 0. The van der Waals surface area contributed by atoms with E-state index in [9.17, 15) is 0 Å². The van der Waals surface area contributed by atoms with Gasteiger partial charge in [-0.15, -0.1) is 0 Å². The molecule has 5 heavy (non-hydrogen) atoms. The second-order valence-electron chi connectivity index (χ2n) is 0.589. The van der Waals surface area contributed by atoms with Crippen LogP contribution in [0.1, 0.15) is 0 Å². The third-order valence-corrected chi connectivity index (χ3v) is 5.48. The zero-order valence-corrected chi connectivity index (χ0v) is 6.29. The molecule has 0 nitrogen and oxygen atoms in total. The molecule has 0 amide bonds. The van der Waals surface area contributed by atoms with Gasteiger partial charge in [-0.25, -0.2) is 0 Å². The van der Waals surface area contributed by atoms with Crippen molar-refractivity contribution in [2.24, 2.45) is 0 Å². The summed E-state index contributed by atoms with van der Waals surface area (Å²) in [6, 6.07) is 0. The second-order valence-corrected chi connectivity index (χ2v) is 8.59. The van der Waals surface area contributed by atoms with Crippen LogP contribution in [-0.4, -0.2) is 6.66 Å². The van der Waals surface area contributed by atoms with Crippen LogP contribution in [0.25, 0.3) is 0 Å². The molecule has 0 aliphatic carbocycles. The molecular weight excluding hydrogens is 138 g/mol. The quantitative estimate of drug-likeness (QED) is 0.471. The van der Waals surface area contributed by atoms with Gasteiger partial charge in [-0.2, -0.15) is 0 Å². The summed E-state index contributed by atoms with van der Waals surface area (Å²) in [6.07, 6.45) is 0. The van der Waals surface area contributed by atoms with Gasteiger partial charge in [0.2, 0.25) is 0 Å². The average Bonchev–Trinajstić information content (AvgIpc) is 1.38. The smallest absolute Gasteiger partial charge is 0.0120 e. The van der Waals surface area contributed by atoms with Gasteiger partial charge in [-0.05, 0) is 19.3 Å². The standard InChI is InChI=1S/CH4P2S2/c1-3(5)2-4/h2H,1H3. The molecule has 0 bridgehead atoms. The highest BCUT2D eigenvalue weighted by Crippen LogP contribution is 2.07. The van der Waals surface area contributed by atoms with Crippen molar-refractivity contribution < 1.29 is 0 Å². The summed E-state index contributed by atoms with van der Waals surface area (Å²) in [4.78, 5) is 0. The van der Waals surface area contributed by atoms with Crippen molar-refractivity contribution >= 4 is 36.2 Å². The molecule has 0 aliphatic heterocycles. The fourth-order valence-corrected chi connectivity index (χ4v) is 0. The number of hydrogen-bond acceptors (Lipinski definition) is 2. The molecule has 0 aromatic carbocycles. The van der Waals surface area contributed by atoms with E-state index in [0.717, 1.165) is 0 Å². The topological polar surface area (TPSA) is 0 Å². The maximum Gasteiger partial charge on any atom is -0.0120 e. The molecule has 30 valence electrons. The van der Waals surface area contributed by atoms with Crippen LogP contribution in [0.2, 0.25) is 0 Å². The van der Waals surface area contributed by atoms with Crippen LogP contribution in [0.5, 0.6) is 0 Å². The Morgan fingerprint density at radius 3 is 2.00 bits per heavy atom. The minimum Gasteiger partial charge on any atom is -0.0613 e. The van der Waals surface area contributed by atoms with Crippen molar-refractivity contribution in [2.45, 2.75) is 0 Å². The first-order chi connectivity index (χ1) is 2.27. The summed E-state index contributed by atoms with van der Waals surface area (Å²) in [5.74, 6) is -0.172. The van der Waals surface area contributed by atoms with E-state index in [4.69, 9.17) is 11.8 Å². The summed E-state index contributed by atoms with van der Waals surface area (Å²) in [7, 11) is 0. The fraction of sp³-hybridized carbons (Fsp3) is 1.00. The molecule has 0 aromatic heterocycles. The van der Waals surface area contributed by atoms with Crippen molar-refractivity contribution in [3.63, 3.8) is 0 Å². The average molecular weight is 142 g/mol. The van der Waals surface area contributed by atoms with Gasteiger partial charge in [0.05, 0.1) is 0 Å². The molecule has 0 radical (unpaired) electrons. The maximum atomic E-state index is 4.75. The SMILES string of the molecule is CP(=S)=[PH]=S. The summed E-state index contributed by atoms with van der Waals surface area (Å²) in [6.45, 7) is 2.59. The van der Waals surface area contributed by atoms with Crippen molar-refractivity contribution in [3.8, 4) is 0 Å². The Hall–Kier alpha value is 1.04. The Kier molecular flexibility index (Phi) is 3.91. The lowest BCUT2D eigenvalue weighted by atomic mass is 12.0. The van der Waals surface area contributed by atoms with Gasteiger partial charge in [0.25, 0.3) is 0 Å². The summed E-state index contributed by atoms with van der Waals surface area (Å²) >= 11 is 9.38. The summed E-state index contributed by atoms with van der Waals surface area (Å²) in [5, 5.41) is 0. The summed E-state index contributed by atoms with van der Waals surface area (Å²) in [5.41, 5.74) is 0. The largest absolute Gasteiger partial charge is 0.0613 e. The van der Waals surface area contributed by atoms with Gasteiger partial charge >= 0.3 is 0 Å². The molecule has 0 aliphatic rings. The lowest BCUT2D eigenvalue weighted by molar-refractivity contribution is 2.51. The predicted octanol–water partition coefficient (Wildman–Crippen LogP) is 1.62. The number of hydrogen-bond donors (Lipinski definition) is 0. The first-order valence-corrected chi connectivity index (χ1v) is 6.83. The Balaban J connectivity index is 4.22. The molecule has 0 aromatic rings. The van der Waals surface area contributed by atoms with Crippen LogP contribution in [0.15, 0.2) is 0 Å². The van der Waals surface area contributed by atoms with Gasteiger partial charge in [0.1, 0.15) is 0 Å². The van der Waals surface area contributed by atoms with Crippen LogP contribution in [0.4, 0.5) is 0 Å². The monoisotopic (exact) mass is 142 g/mol. The van der Waals surface area contributed by atoms with E-state index in [1.165, 1.54) is 0 Å². The minimum absolute atomic E-state index is 0.172. The van der Waals surface area contributed by atoms with Gasteiger partial charge in [0, 0.05) is 0 Å². The molecule has 0 N–H and O–H groups in total.